The van der Waals surface area contributed by atoms with Crippen molar-refractivity contribution in [1.82, 2.24) is 0 Å². The van der Waals surface area contributed by atoms with E-state index in [0.29, 0.717) is 6.61 Å². The summed E-state index contributed by atoms with van der Waals surface area (Å²) in [5.74, 6) is -1.16. The summed E-state index contributed by atoms with van der Waals surface area (Å²) in [5.41, 5.74) is -0.995. The molecule has 1 heterocycles. The smallest absolute Gasteiger partial charge is 0.347 e. The molecule has 2 fully saturated rings. The van der Waals surface area contributed by atoms with Crippen LogP contribution in [0.1, 0.15) is 13.3 Å². The third-order valence-corrected chi connectivity index (χ3v) is 3.71. The van der Waals surface area contributed by atoms with Crippen molar-refractivity contribution in [3.8, 4) is 0 Å². The van der Waals surface area contributed by atoms with Crippen molar-refractivity contribution in [3.63, 3.8) is 0 Å². The Kier molecular flexibility index (Phi) is 1.63. The number of hydrogen-bond acceptors (Lipinski definition) is 4. The molecule has 15 heavy (non-hydrogen) atoms. The molecule has 4 unspecified atom stereocenters. The Hall–Kier alpha value is -1.16. The number of ether oxygens (including phenoxy) is 2. The highest BCUT2D eigenvalue weighted by molar-refractivity contribution is 6.03. The van der Waals surface area contributed by atoms with Gasteiger partial charge in [0.1, 0.15) is 5.92 Å². The van der Waals surface area contributed by atoms with Gasteiger partial charge in [-0.2, -0.15) is 0 Å². The van der Waals surface area contributed by atoms with Crippen LogP contribution in [0.5, 0.6) is 0 Å². The molecule has 0 aromatic carbocycles. The largest absolute Gasteiger partial charge is 0.391 e. The van der Waals surface area contributed by atoms with Crippen LogP contribution in [0.4, 0.5) is 0 Å². The third kappa shape index (κ3) is 0.862. The second-order valence-electron chi connectivity index (χ2n) is 4.30. The monoisotopic (exact) mass is 208 g/mol. The van der Waals surface area contributed by atoms with Crippen LogP contribution >= 0.6 is 0 Å². The van der Waals surface area contributed by atoms with E-state index in [-0.39, 0.29) is 11.8 Å². The van der Waals surface area contributed by atoms with E-state index in [1.54, 1.807) is 0 Å². The lowest BCUT2D eigenvalue weighted by Gasteiger charge is -2.30. The summed E-state index contributed by atoms with van der Waals surface area (Å²) in [6.45, 7) is 2.26. The normalized spacial score (nSPS) is 46.1. The van der Waals surface area contributed by atoms with Crippen molar-refractivity contribution in [2.75, 3.05) is 6.61 Å². The molecule has 1 aliphatic heterocycles. The molecule has 0 radical (unpaired) electrons. The second kappa shape index (κ2) is 2.70. The van der Waals surface area contributed by atoms with E-state index in [1.807, 2.05) is 19.1 Å². The number of carbonyl (C=O) groups is 2. The lowest BCUT2D eigenvalue weighted by Crippen LogP contribution is -2.47. The molecular formula is C11H12O4. The van der Waals surface area contributed by atoms with Crippen LogP contribution in [0.25, 0.3) is 0 Å². The van der Waals surface area contributed by atoms with Gasteiger partial charge in [-0.1, -0.05) is 12.2 Å². The molecule has 0 aromatic rings. The van der Waals surface area contributed by atoms with Gasteiger partial charge in [-0.25, -0.2) is 4.79 Å². The topological polar surface area (TPSA) is 52.6 Å². The van der Waals surface area contributed by atoms with Gasteiger partial charge in [0.25, 0.3) is 0 Å². The van der Waals surface area contributed by atoms with E-state index in [2.05, 4.69) is 0 Å². The van der Waals surface area contributed by atoms with Crippen molar-refractivity contribution in [2.45, 2.75) is 18.9 Å². The summed E-state index contributed by atoms with van der Waals surface area (Å²) in [6, 6.07) is 0. The summed E-state index contributed by atoms with van der Waals surface area (Å²) in [6.07, 6.45) is 4.83. The summed E-state index contributed by atoms with van der Waals surface area (Å²) >= 11 is 0. The molecule has 1 saturated heterocycles. The van der Waals surface area contributed by atoms with Gasteiger partial charge in [-0.15, -0.1) is 0 Å². The van der Waals surface area contributed by atoms with Crippen LogP contribution in [0, 0.1) is 17.8 Å². The Morgan fingerprint density at radius 2 is 2.33 bits per heavy atom. The molecule has 0 aromatic heterocycles. The maximum absolute atomic E-state index is 11.8. The molecule has 1 saturated carbocycles. The van der Waals surface area contributed by atoms with Crippen LogP contribution in [0.15, 0.2) is 12.2 Å². The van der Waals surface area contributed by atoms with Crippen molar-refractivity contribution in [1.29, 1.82) is 0 Å². The average Bonchev–Trinajstić information content (AvgIpc) is 2.81. The summed E-state index contributed by atoms with van der Waals surface area (Å²) < 4.78 is 10.3. The Bertz CT molecular complexity index is 373. The Labute approximate surface area is 87.2 Å². The molecule has 4 nitrogen and oxygen atoms in total. The zero-order valence-corrected chi connectivity index (χ0v) is 8.43. The molecule has 4 heteroatoms. The predicted octanol–water partition coefficient (Wildman–Crippen LogP) is 0.667. The molecule has 0 spiro atoms. The first-order valence-corrected chi connectivity index (χ1v) is 5.28. The Morgan fingerprint density at radius 1 is 1.53 bits per heavy atom. The van der Waals surface area contributed by atoms with Crippen LogP contribution < -0.4 is 0 Å². The second-order valence-corrected chi connectivity index (χ2v) is 4.30. The SMILES string of the molecule is CCOC12C(=O)OC(=O)C1C1C=CC2C1. The molecular weight excluding hydrogens is 196 g/mol. The third-order valence-electron chi connectivity index (χ3n) is 3.71. The van der Waals surface area contributed by atoms with E-state index < -0.39 is 23.5 Å². The first-order valence-electron chi connectivity index (χ1n) is 5.28. The Morgan fingerprint density at radius 3 is 3.07 bits per heavy atom. The molecule has 0 N–H and O–H groups in total. The molecule has 0 amide bonds. The van der Waals surface area contributed by atoms with E-state index >= 15 is 0 Å². The minimum atomic E-state index is -0.995. The zero-order chi connectivity index (χ0) is 10.6. The summed E-state index contributed by atoms with van der Waals surface area (Å²) in [5, 5.41) is 0. The highest BCUT2D eigenvalue weighted by Gasteiger charge is 2.70. The molecule has 2 bridgehead atoms. The van der Waals surface area contributed by atoms with Gasteiger partial charge < -0.3 is 9.47 Å². The van der Waals surface area contributed by atoms with Crippen molar-refractivity contribution >= 4 is 11.9 Å². The van der Waals surface area contributed by atoms with Crippen LogP contribution in [-0.4, -0.2) is 24.1 Å². The molecule has 80 valence electrons. The first kappa shape index (κ1) is 9.09. The lowest BCUT2D eigenvalue weighted by atomic mass is 9.80. The molecule has 3 rings (SSSR count). The standard InChI is InChI=1S/C11H12O4/c1-2-14-11-7-4-3-6(5-7)8(11)9(12)15-10(11)13/h3-4,6-8H,2,5H2,1H3. The zero-order valence-electron chi connectivity index (χ0n) is 8.43. The van der Waals surface area contributed by atoms with Gasteiger partial charge in [0.05, 0.1) is 0 Å². The summed E-state index contributed by atoms with van der Waals surface area (Å²) in [7, 11) is 0. The highest BCUT2D eigenvalue weighted by Crippen LogP contribution is 2.56. The van der Waals surface area contributed by atoms with Gasteiger partial charge >= 0.3 is 11.9 Å². The number of allylic oxidation sites excluding steroid dienone is 1. The molecule has 4 atom stereocenters. The maximum Gasteiger partial charge on any atom is 0.347 e. The van der Waals surface area contributed by atoms with E-state index in [9.17, 15) is 9.59 Å². The number of fused-ring (bicyclic) bond motifs is 5. The van der Waals surface area contributed by atoms with Crippen LogP contribution in [0.3, 0.4) is 0 Å². The van der Waals surface area contributed by atoms with Gasteiger partial charge in [-0.05, 0) is 19.3 Å². The quantitative estimate of drug-likeness (QED) is 0.380. The number of esters is 2. The van der Waals surface area contributed by atoms with E-state index in [4.69, 9.17) is 9.47 Å². The average molecular weight is 208 g/mol. The lowest BCUT2D eigenvalue weighted by molar-refractivity contribution is -0.165. The highest BCUT2D eigenvalue weighted by atomic mass is 16.6. The van der Waals surface area contributed by atoms with Crippen LogP contribution in [-0.2, 0) is 19.1 Å². The molecule has 2 aliphatic carbocycles. The fraction of sp³-hybridized carbons (Fsp3) is 0.636. The number of rotatable bonds is 2. The van der Waals surface area contributed by atoms with E-state index in [0.717, 1.165) is 6.42 Å². The predicted molar refractivity (Wildman–Crippen MR) is 49.7 cm³/mol. The number of hydrogen-bond donors (Lipinski definition) is 0. The Balaban J connectivity index is 2.10. The fourth-order valence-electron chi connectivity index (χ4n) is 3.20. The van der Waals surface area contributed by atoms with Gasteiger partial charge in [-0.3, -0.25) is 4.79 Å². The number of carbonyl (C=O) groups excluding carboxylic acids is 2. The van der Waals surface area contributed by atoms with Crippen molar-refractivity contribution in [2.24, 2.45) is 17.8 Å². The van der Waals surface area contributed by atoms with Crippen molar-refractivity contribution in [3.05, 3.63) is 12.2 Å². The van der Waals surface area contributed by atoms with Crippen LogP contribution in [0.2, 0.25) is 0 Å². The van der Waals surface area contributed by atoms with Gasteiger partial charge in [0.15, 0.2) is 5.60 Å². The maximum atomic E-state index is 11.8. The minimum absolute atomic E-state index is 0.0198. The fourth-order valence-corrected chi connectivity index (χ4v) is 3.20. The summed E-state index contributed by atoms with van der Waals surface area (Å²) in [4.78, 5) is 23.3. The van der Waals surface area contributed by atoms with Gasteiger partial charge in [0, 0.05) is 12.5 Å². The molecule has 3 aliphatic rings. The minimum Gasteiger partial charge on any atom is -0.391 e. The van der Waals surface area contributed by atoms with E-state index in [1.165, 1.54) is 0 Å². The first-order chi connectivity index (χ1) is 7.20. The van der Waals surface area contributed by atoms with Gasteiger partial charge in [0.2, 0.25) is 0 Å². The number of cyclic esters (lactones) is 2. The van der Waals surface area contributed by atoms with Crippen molar-refractivity contribution < 1.29 is 19.1 Å².